The second-order valence-corrected chi connectivity index (χ2v) is 8.75. The number of amides is 2. The van der Waals surface area contributed by atoms with Crippen LogP contribution in [-0.2, 0) is 0 Å². The molecule has 0 radical (unpaired) electrons. The molecule has 2 amide bonds. The van der Waals surface area contributed by atoms with E-state index in [2.05, 4.69) is 31.2 Å². The van der Waals surface area contributed by atoms with Crippen LogP contribution in [0.15, 0.2) is 53.3 Å². The lowest BCUT2D eigenvalue weighted by Gasteiger charge is -2.26. The van der Waals surface area contributed by atoms with E-state index in [-0.39, 0.29) is 28.6 Å². The summed E-state index contributed by atoms with van der Waals surface area (Å²) in [5.41, 5.74) is 1.01. The monoisotopic (exact) mass is 514 g/mol. The molecule has 7 nitrogen and oxygen atoms in total. The van der Waals surface area contributed by atoms with Crippen molar-refractivity contribution < 1.29 is 14.4 Å². The van der Waals surface area contributed by atoms with Crippen LogP contribution < -0.4 is 5.32 Å². The molecule has 2 heterocycles. The Morgan fingerprint density at radius 2 is 1.78 bits per heavy atom. The third kappa shape index (κ3) is 4.61. The topological polar surface area (TPSA) is 95.2 Å². The number of nitrogens with one attached hydrogen (secondary N) is 2. The van der Waals surface area contributed by atoms with Gasteiger partial charge in [-0.1, -0.05) is 39.7 Å². The number of benzene rings is 2. The Labute approximate surface area is 198 Å². The summed E-state index contributed by atoms with van der Waals surface area (Å²) in [7, 11) is 0. The second kappa shape index (κ2) is 9.67. The van der Waals surface area contributed by atoms with Crippen molar-refractivity contribution in [1.82, 2.24) is 14.9 Å². The molecule has 0 unspecified atom stereocenters. The highest BCUT2D eigenvalue weighted by Gasteiger charge is 2.27. The molecular weight excluding hydrogens is 496 g/mol. The predicted molar refractivity (Wildman–Crippen MR) is 125 cm³/mol. The van der Waals surface area contributed by atoms with E-state index >= 15 is 0 Å². The molecule has 1 saturated heterocycles. The summed E-state index contributed by atoms with van der Waals surface area (Å²) in [4.78, 5) is 47.6. The fraction of sp³-hybridized carbons (Fsp3) is 0.217. The Kier molecular flexibility index (Phi) is 6.72. The van der Waals surface area contributed by atoms with Gasteiger partial charge in [0.2, 0.25) is 0 Å². The number of carbonyl (C=O) groups excluding carboxylic acids is 3. The Morgan fingerprint density at radius 3 is 2.53 bits per heavy atom. The van der Waals surface area contributed by atoms with E-state index < -0.39 is 5.91 Å². The molecule has 32 heavy (non-hydrogen) atoms. The second-order valence-electron chi connectivity index (χ2n) is 7.43. The fourth-order valence-corrected chi connectivity index (χ4v) is 4.25. The Morgan fingerprint density at radius 1 is 1.03 bits per heavy atom. The van der Waals surface area contributed by atoms with Crippen LogP contribution in [-0.4, -0.2) is 45.6 Å². The first-order chi connectivity index (χ1) is 15.5. The molecule has 0 atom stereocenters. The van der Waals surface area contributed by atoms with Crippen LogP contribution >= 0.6 is 27.5 Å². The van der Waals surface area contributed by atoms with Crippen LogP contribution in [0.5, 0.6) is 0 Å². The average molecular weight is 516 g/mol. The van der Waals surface area contributed by atoms with E-state index in [1.807, 2.05) is 0 Å². The van der Waals surface area contributed by atoms with Crippen molar-refractivity contribution in [3.05, 3.63) is 80.8 Å². The largest absolute Gasteiger partial charge is 0.340 e. The zero-order valence-corrected chi connectivity index (χ0v) is 19.4. The number of H-pyrrole nitrogens is 1. The quantitative estimate of drug-likeness (QED) is 0.471. The molecule has 0 aliphatic carbocycles. The number of imidazole rings is 1. The molecule has 3 aromatic rings. The molecule has 164 valence electrons. The van der Waals surface area contributed by atoms with Gasteiger partial charge in [-0.2, -0.15) is 0 Å². The minimum atomic E-state index is -0.581. The number of halogens is 2. The van der Waals surface area contributed by atoms with Crippen LogP contribution in [0.3, 0.4) is 0 Å². The number of aromatic nitrogens is 2. The Balaban J connectivity index is 1.61. The summed E-state index contributed by atoms with van der Waals surface area (Å²) in [6.07, 6.45) is 4.29. The molecule has 1 aliphatic rings. The summed E-state index contributed by atoms with van der Waals surface area (Å²) >= 11 is 9.57. The molecule has 0 saturated carbocycles. The molecular formula is C23H20BrClN4O3. The highest BCUT2D eigenvalue weighted by Crippen LogP contribution is 2.27. The zero-order chi connectivity index (χ0) is 22.7. The summed E-state index contributed by atoms with van der Waals surface area (Å²) in [6, 6.07) is 11.7. The lowest BCUT2D eigenvalue weighted by Crippen LogP contribution is -2.36. The summed E-state index contributed by atoms with van der Waals surface area (Å²) in [5, 5.41) is 3.05. The number of piperidine rings is 1. The fourth-order valence-electron chi connectivity index (χ4n) is 3.67. The number of ketones is 1. The van der Waals surface area contributed by atoms with Gasteiger partial charge in [0.25, 0.3) is 11.8 Å². The number of carbonyl (C=O) groups is 3. The number of nitrogens with zero attached hydrogens (tertiary/aromatic N) is 2. The van der Waals surface area contributed by atoms with Crippen LogP contribution in [0, 0.1) is 0 Å². The van der Waals surface area contributed by atoms with Crippen molar-refractivity contribution in [3.63, 3.8) is 0 Å². The number of hydrogen-bond donors (Lipinski definition) is 2. The molecule has 2 aromatic carbocycles. The van der Waals surface area contributed by atoms with Crippen LogP contribution in [0.1, 0.15) is 56.2 Å². The molecule has 9 heteroatoms. The number of anilines is 1. The molecule has 1 fully saturated rings. The highest BCUT2D eigenvalue weighted by atomic mass is 79.9. The molecule has 0 bridgehead atoms. The molecule has 0 spiro atoms. The first-order valence-corrected chi connectivity index (χ1v) is 11.4. The maximum absolute atomic E-state index is 13.2. The van der Waals surface area contributed by atoms with Gasteiger partial charge in [0.15, 0.2) is 11.5 Å². The zero-order valence-electron chi connectivity index (χ0n) is 17.0. The third-order valence-corrected chi connectivity index (χ3v) is 6.13. The van der Waals surface area contributed by atoms with Crippen molar-refractivity contribution in [1.29, 1.82) is 0 Å². The minimum Gasteiger partial charge on any atom is -0.340 e. The normalized spacial score (nSPS) is 13.6. The van der Waals surface area contributed by atoms with Gasteiger partial charge in [-0.05, 0) is 49.6 Å². The van der Waals surface area contributed by atoms with Crippen molar-refractivity contribution in [2.24, 2.45) is 0 Å². The Bertz CT molecular complexity index is 1190. The van der Waals surface area contributed by atoms with E-state index in [4.69, 9.17) is 11.6 Å². The first kappa shape index (κ1) is 22.2. The average Bonchev–Trinajstić information content (AvgIpc) is 3.30. The lowest BCUT2D eigenvalue weighted by atomic mass is 10.0. The Hall–Kier alpha value is -2.97. The van der Waals surface area contributed by atoms with Gasteiger partial charge in [0.05, 0.1) is 17.0 Å². The number of likely N-dealkylation sites (tertiary alicyclic amines) is 1. The van der Waals surface area contributed by atoms with Gasteiger partial charge in [-0.3, -0.25) is 14.4 Å². The van der Waals surface area contributed by atoms with Gasteiger partial charge in [-0.15, -0.1) is 0 Å². The molecule has 1 aliphatic heterocycles. The van der Waals surface area contributed by atoms with Gasteiger partial charge < -0.3 is 15.2 Å². The van der Waals surface area contributed by atoms with Crippen LogP contribution in [0.2, 0.25) is 5.02 Å². The van der Waals surface area contributed by atoms with E-state index in [9.17, 15) is 14.4 Å². The van der Waals surface area contributed by atoms with Gasteiger partial charge in [0.1, 0.15) is 5.69 Å². The van der Waals surface area contributed by atoms with Crippen molar-refractivity contribution in [2.45, 2.75) is 19.3 Å². The van der Waals surface area contributed by atoms with Gasteiger partial charge >= 0.3 is 0 Å². The SMILES string of the molecule is O=C(c1ccccc1Cl)c1cc(Br)ccc1NC(=O)c1nc[nH]c1C(=O)N1CCCCC1. The molecule has 1 aromatic heterocycles. The third-order valence-electron chi connectivity index (χ3n) is 5.30. The van der Waals surface area contributed by atoms with Crippen LogP contribution in [0.25, 0.3) is 0 Å². The van der Waals surface area contributed by atoms with Crippen molar-refractivity contribution >= 4 is 50.8 Å². The summed E-state index contributed by atoms with van der Waals surface area (Å²) in [6.45, 7) is 1.31. The minimum absolute atomic E-state index is 0.0142. The van der Waals surface area contributed by atoms with Crippen molar-refractivity contribution in [2.75, 3.05) is 18.4 Å². The first-order valence-electron chi connectivity index (χ1n) is 10.2. The van der Waals surface area contributed by atoms with E-state index in [0.717, 1.165) is 19.3 Å². The van der Waals surface area contributed by atoms with E-state index in [0.29, 0.717) is 33.8 Å². The van der Waals surface area contributed by atoms with Crippen LogP contribution in [0.4, 0.5) is 5.69 Å². The van der Waals surface area contributed by atoms with Gasteiger partial charge in [-0.25, -0.2) is 4.98 Å². The van der Waals surface area contributed by atoms with E-state index in [1.54, 1.807) is 47.4 Å². The predicted octanol–water partition coefficient (Wildman–Crippen LogP) is 4.94. The maximum Gasteiger partial charge on any atom is 0.276 e. The molecule has 2 N–H and O–H groups in total. The molecule has 4 rings (SSSR count). The standard InChI is InChI=1S/C23H20BrClN4O3/c24-14-8-9-18(16(12-14)21(30)15-6-2-3-7-17(15)25)28-22(31)19-20(27-13-26-19)23(32)29-10-4-1-5-11-29/h2-3,6-9,12-13H,1,4-5,10-11H2,(H,26,27)(H,28,31). The highest BCUT2D eigenvalue weighted by molar-refractivity contribution is 9.10. The maximum atomic E-state index is 13.2. The number of hydrogen-bond acceptors (Lipinski definition) is 4. The number of rotatable bonds is 5. The van der Waals surface area contributed by atoms with Crippen molar-refractivity contribution in [3.8, 4) is 0 Å². The van der Waals surface area contributed by atoms with Gasteiger partial charge in [0, 0.05) is 28.7 Å². The lowest BCUT2D eigenvalue weighted by molar-refractivity contribution is 0.0714. The smallest absolute Gasteiger partial charge is 0.276 e. The van der Waals surface area contributed by atoms with E-state index in [1.165, 1.54) is 6.33 Å². The summed E-state index contributed by atoms with van der Waals surface area (Å²) in [5.74, 6) is -1.17. The summed E-state index contributed by atoms with van der Waals surface area (Å²) < 4.78 is 0.673. The number of aromatic amines is 1.